The van der Waals surface area contributed by atoms with Crippen molar-refractivity contribution in [1.29, 1.82) is 0 Å². The van der Waals surface area contributed by atoms with Gasteiger partial charge < -0.3 is 10.2 Å². The topological polar surface area (TPSA) is 78.5 Å². The second-order valence-corrected chi connectivity index (χ2v) is 11.7. The summed E-state index contributed by atoms with van der Waals surface area (Å²) in [5.74, 6) is 0.690. The Morgan fingerprint density at radius 2 is 1.58 bits per heavy atom. The molecule has 1 heterocycles. The van der Waals surface area contributed by atoms with E-state index in [9.17, 15) is 13.2 Å². The minimum Gasteiger partial charge on any atom is -0.369 e. The molecule has 2 N–H and O–H groups in total. The molecule has 1 aliphatic rings. The van der Waals surface area contributed by atoms with E-state index in [0.717, 1.165) is 37.2 Å². The number of carbonyl (C=O) groups excluding carboxylic acids is 1. The van der Waals surface area contributed by atoms with Crippen molar-refractivity contribution in [3.05, 3.63) is 83.4 Å². The first-order valence-electron chi connectivity index (χ1n) is 12.5. The molecule has 1 saturated heterocycles. The summed E-state index contributed by atoms with van der Waals surface area (Å²) in [5.41, 5.74) is 4.45. The molecule has 0 spiro atoms. The van der Waals surface area contributed by atoms with Crippen molar-refractivity contribution in [2.24, 2.45) is 11.8 Å². The lowest BCUT2D eigenvalue weighted by Crippen LogP contribution is -2.39. The van der Waals surface area contributed by atoms with Crippen LogP contribution in [-0.4, -0.2) is 27.4 Å². The van der Waals surface area contributed by atoms with E-state index in [4.69, 9.17) is 0 Å². The van der Waals surface area contributed by atoms with Crippen LogP contribution in [0.15, 0.2) is 71.6 Å². The fourth-order valence-electron chi connectivity index (χ4n) is 4.84. The first-order valence-corrected chi connectivity index (χ1v) is 14.0. The highest BCUT2D eigenvalue weighted by Crippen LogP contribution is 2.34. The number of hydrogen-bond donors (Lipinski definition) is 2. The molecule has 0 bridgehead atoms. The Labute approximate surface area is 214 Å². The Balaban J connectivity index is 1.67. The van der Waals surface area contributed by atoms with E-state index >= 15 is 0 Å². The number of sulfonamides is 1. The average molecular weight is 506 g/mol. The van der Waals surface area contributed by atoms with Crippen molar-refractivity contribution >= 4 is 33.0 Å². The number of nitrogens with zero attached hydrogens (tertiary/aromatic N) is 1. The SMILES string of the molecule is CCc1ccc(NC(=O)c2ccc(N3C[C@H](C)C[C@H](C)C3)c(NS(=O)(=O)c3ccc(C)cc3)c2)cc1. The normalized spacial score (nSPS) is 18.1. The number of hydrogen-bond acceptors (Lipinski definition) is 4. The Morgan fingerprint density at radius 1 is 0.944 bits per heavy atom. The minimum atomic E-state index is -3.84. The third-order valence-electron chi connectivity index (χ3n) is 6.66. The Bertz CT molecular complexity index is 1310. The molecule has 1 fully saturated rings. The van der Waals surface area contributed by atoms with Gasteiger partial charge >= 0.3 is 0 Å². The van der Waals surface area contributed by atoms with E-state index in [0.29, 0.717) is 28.8 Å². The van der Waals surface area contributed by atoms with Crippen LogP contribution < -0.4 is 14.9 Å². The maximum absolute atomic E-state index is 13.3. The van der Waals surface area contributed by atoms with E-state index in [2.05, 4.69) is 35.7 Å². The van der Waals surface area contributed by atoms with Gasteiger partial charge in [-0.1, -0.05) is 50.6 Å². The number of carbonyl (C=O) groups is 1. The fraction of sp³-hybridized carbons (Fsp3) is 0.345. The molecular formula is C29H35N3O3S. The van der Waals surface area contributed by atoms with E-state index in [1.54, 1.807) is 36.4 Å². The largest absolute Gasteiger partial charge is 0.369 e. The summed E-state index contributed by atoms with van der Waals surface area (Å²) in [4.78, 5) is 15.5. The van der Waals surface area contributed by atoms with Gasteiger partial charge in [0.15, 0.2) is 0 Å². The molecule has 0 saturated carbocycles. The molecule has 36 heavy (non-hydrogen) atoms. The van der Waals surface area contributed by atoms with Crippen molar-refractivity contribution < 1.29 is 13.2 Å². The number of aryl methyl sites for hydroxylation is 2. The molecular weight excluding hydrogens is 470 g/mol. The number of piperidine rings is 1. The van der Waals surface area contributed by atoms with Crippen LogP contribution in [0, 0.1) is 18.8 Å². The van der Waals surface area contributed by atoms with Crippen LogP contribution in [-0.2, 0) is 16.4 Å². The molecule has 0 aliphatic carbocycles. The Hall–Kier alpha value is -3.32. The maximum atomic E-state index is 13.3. The standard InChI is InChI=1S/C29H35N3O3S/c1-5-23-8-11-25(12-9-23)30-29(33)24-10-15-28(32-18-21(3)16-22(4)19-32)27(17-24)31-36(34,35)26-13-6-20(2)7-14-26/h6-15,17,21-22,31H,5,16,18-19H2,1-4H3,(H,30,33)/t21-,22+. The number of benzene rings is 3. The molecule has 7 heteroatoms. The second kappa shape index (κ2) is 10.7. The highest BCUT2D eigenvalue weighted by molar-refractivity contribution is 7.92. The molecule has 190 valence electrons. The third kappa shape index (κ3) is 6.08. The summed E-state index contributed by atoms with van der Waals surface area (Å²) >= 11 is 0. The lowest BCUT2D eigenvalue weighted by Gasteiger charge is -2.37. The van der Waals surface area contributed by atoms with Gasteiger partial charge in [-0.25, -0.2) is 8.42 Å². The van der Waals surface area contributed by atoms with Crippen LogP contribution in [0.4, 0.5) is 17.1 Å². The van der Waals surface area contributed by atoms with Gasteiger partial charge in [0.1, 0.15) is 0 Å². The van der Waals surface area contributed by atoms with Gasteiger partial charge in [0.25, 0.3) is 15.9 Å². The number of anilines is 3. The summed E-state index contributed by atoms with van der Waals surface area (Å²) in [5, 5.41) is 2.92. The molecule has 1 aliphatic heterocycles. The number of rotatable bonds is 7. The molecule has 3 aromatic carbocycles. The van der Waals surface area contributed by atoms with Gasteiger partial charge in [-0.2, -0.15) is 0 Å². The lowest BCUT2D eigenvalue weighted by atomic mass is 9.91. The predicted octanol–water partition coefficient (Wildman–Crippen LogP) is 6.09. The highest BCUT2D eigenvalue weighted by Gasteiger charge is 2.26. The summed E-state index contributed by atoms with van der Waals surface area (Å²) in [7, 11) is -3.84. The monoisotopic (exact) mass is 505 g/mol. The zero-order valence-corrected chi connectivity index (χ0v) is 22.2. The minimum absolute atomic E-state index is 0.185. The molecule has 6 nitrogen and oxygen atoms in total. The van der Waals surface area contributed by atoms with Crippen molar-refractivity contribution in [1.82, 2.24) is 0 Å². The van der Waals surface area contributed by atoms with Gasteiger partial charge in [-0.05, 0) is 79.6 Å². The zero-order chi connectivity index (χ0) is 25.9. The van der Waals surface area contributed by atoms with Crippen molar-refractivity contribution in [3.8, 4) is 0 Å². The summed E-state index contributed by atoms with van der Waals surface area (Å²) < 4.78 is 29.3. The van der Waals surface area contributed by atoms with Gasteiger partial charge in [-0.15, -0.1) is 0 Å². The Kier molecular flexibility index (Phi) is 7.69. The van der Waals surface area contributed by atoms with Crippen LogP contribution in [0.2, 0.25) is 0 Å². The fourth-order valence-corrected chi connectivity index (χ4v) is 5.91. The zero-order valence-electron chi connectivity index (χ0n) is 21.4. The van der Waals surface area contributed by atoms with Gasteiger partial charge in [0.2, 0.25) is 0 Å². The summed E-state index contributed by atoms with van der Waals surface area (Å²) in [6.07, 6.45) is 2.06. The van der Waals surface area contributed by atoms with Gasteiger partial charge in [0, 0.05) is 24.3 Å². The first kappa shape index (κ1) is 25.8. The smallest absolute Gasteiger partial charge is 0.261 e. The van der Waals surface area contributed by atoms with Crippen LogP contribution in [0.3, 0.4) is 0 Å². The molecule has 3 aromatic rings. The van der Waals surface area contributed by atoms with E-state index < -0.39 is 10.0 Å². The molecule has 1 amide bonds. The van der Waals surface area contributed by atoms with Gasteiger partial charge in [-0.3, -0.25) is 9.52 Å². The third-order valence-corrected chi connectivity index (χ3v) is 8.05. The maximum Gasteiger partial charge on any atom is 0.261 e. The van der Waals surface area contributed by atoms with Crippen LogP contribution in [0.25, 0.3) is 0 Å². The van der Waals surface area contributed by atoms with Gasteiger partial charge in [0.05, 0.1) is 16.3 Å². The molecule has 0 radical (unpaired) electrons. The second-order valence-electron chi connectivity index (χ2n) is 10.0. The average Bonchev–Trinajstić information content (AvgIpc) is 2.84. The van der Waals surface area contributed by atoms with Crippen LogP contribution in [0.5, 0.6) is 0 Å². The quantitative estimate of drug-likeness (QED) is 0.407. The van der Waals surface area contributed by atoms with Crippen molar-refractivity contribution in [2.45, 2.75) is 45.4 Å². The summed E-state index contributed by atoms with van der Waals surface area (Å²) in [6, 6.07) is 19.7. The Morgan fingerprint density at radius 3 is 2.19 bits per heavy atom. The summed E-state index contributed by atoms with van der Waals surface area (Å²) in [6.45, 7) is 10.1. The predicted molar refractivity (Wildman–Crippen MR) is 147 cm³/mol. The lowest BCUT2D eigenvalue weighted by molar-refractivity contribution is 0.102. The van der Waals surface area contributed by atoms with E-state index in [-0.39, 0.29) is 10.8 Å². The van der Waals surface area contributed by atoms with Crippen LogP contribution >= 0.6 is 0 Å². The number of nitrogens with one attached hydrogen (secondary N) is 2. The van der Waals surface area contributed by atoms with E-state index in [1.165, 1.54) is 5.56 Å². The molecule has 0 unspecified atom stereocenters. The molecule has 0 aromatic heterocycles. The van der Waals surface area contributed by atoms with Crippen molar-refractivity contribution in [3.63, 3.8) is 0 Å². The first-order chi connectivity index (χ1) is 17.1. The molecule has 2 atom stereocenters. The van der Waals surface area contributed by atoms with Crippen LogP contribution in [0.1, 0.15) is 48.7 Å². The molecule has 4 rings (SSSR count). The van der Waals surface area contributed by atoms with Crippen molar-refractivity contribution in [2.75, 3.05) is 28.0 Å². The highest BCUT2D eigenvalue weighted by atomic mass is 32.2. The van der Waals surface area contributed by atoms with E-state index in [1.807, 2.05) is 37.3 Å². The number of amides is 1.